The third kappa shape index (κ3) is 6.63. The SMILES string of the molecule is COc1cc2c(cc1OCc1ccccc1)C[N+](C)(Cc1ccc(Oc3ccc(C4CC4)cc3)nc1)CC2.[Br-]. The molecule has 39 heavy (non-hydrogen) atoms. The fourth-order valence-corrected chi connectivity index (χ4v) is 5.40. The maximum Gasteiger partial charge on any atom is 0.219 e. The van der Waals surface area contributed by atoms with Crippen molar-refractivity contribution in [3.63, 3.8) is 0 Å². The van der Waals surface area contributed by atoms with E-state index in [1.54, 1.807) is 7.11 Å². The molecule has 1 unspecified atom stereocenters. The minimum atomic E-state index is 0. The molecule has 1 aliphatic carbocycles. The van der Waals surface area contributed by atoms with Crippen LogP contribution in [0.2, 0.25) is 0 Å². The van der Waals surface area contributed by atoms with Crippen LogP contribution in [0.3, 0.4) is 0 Å². The van der Waals surface area contributed by atoms with Gasteiger partial charge in [-0.25, -0.2) is 4.98 Å². The summed E-state index contributed by atoms with van der Waals surface area (Å²) in [5.41, 5.74) is 6.43. The Kier molecular flexibility index (Phi) is 8.24. The molecule has 1 saturated carbocycles. The number of pyridine rings is 1. The van der Waals surface area contributed by atoms with E-state index in [0.717, 1.165) is 59.3 Å². The van der Waals surface area contributed by atoms with E-state index in [-0.39, 0.29) is 17.0 Å². The Bertz CT molecular complexity index is 1390. The number of quaternary nitrogens is 1. The molecule has 0 amide bonds. The molecule has 0 radical (unpaired) electrons. The van der Waals surface area contributed by atoms with Gasteiger partial charge in [-0.15, -0.1) is 0 Å². The van der Waals surface area contributed by atoms with Gasteiger partial charge in [-0.3, -0.25) is 0 Å². The fourth-order valence-electron chi connectivity index (χ4n) is 5.40. The molecule has 2 heterocycles. The van der Waals surface area contributed by atoms with Crippen molar-refractivity contribution in [3.05, 3.63) is 113 Å². The normalized spacial score (nSPS) is 18.0. The van der Waals surface area contributed by atoms with E-state index in [1.807, 2.05) is 42.6 Å². The van der Waals surface area contributed by atoms with Crippen LogP contribution in [-0.2, 0) is 26.1 Å². The van der Waals surface area contributed by atoms with E-state index in [2.05, 4.69) is 54.5 Å². The highest BCUT2D eigenvalue weighted by molar-refractivity contribution is 5.48. The van der Waals surface area contributed by atoms with Crippen molar-refractivity contribution in [3.8, 4) is 23.1 Å². The Balaban J connectivity index is 0.00000308. The molecule has 202 valence electrons. The Hall–Kier alpha value is -3.35. The van der Waals surface area contributed by atoms with Crippen LogP contribution >= 0.6 is 0 Å². The number of methoxy groups -OCH3 is 1. The van der Waals surface area contributed by atoms with Gasteiger partial charge < -0.3 is 35.7 Å². The lowest BCUT2D eigenvalue weighted by Crippen LogP contribution is -3.00. The molecule has 0 N–H and O–H groups in total. The minimum Gasteiger partial charge on any atom is -1.00 e. The van der Waals surface area contributed by atoms with Crippen molar-refractivity contribution < 1.29 is 35.7 Å². The van der Waals surface area contributed by atoms with E-state index in [4.69, 9.17) is 14.2 Å². The van der Waals surface area contributed by atoms with Crippen molar-refractivity contribution in [2.45, 2.75) is 44.9 Å². The average Bonchev–Trinajstić information content (AvgIpc) is 3.79. The second-order valence-corrected chi connectivity index (χ2v) is 10.9. The van der Waals surface area contributed by atoms with E-state index < -0.39 is 0 Å². The van der Waals surface area contributed by atoms with Crippen LogP contribution in [-0.4, -0.2) is 30.2 Å². The highest BCUT2D eigenvalue weighted by Gasteiger charge is 2.30. The summed E-state index contributed by atoms with van der Waals surface area (Å²) >= 11 is 0. The van der Waals surface area contributed by atoms with Crippen molar-refractivity contribution in [1.29, 1.82) is 0 Å². The molecular formula is C33H35BrN2O3. The number of rotatable bonds is 9. The van der Waals surface area contributed by atoms with Gasteiger partial charge in [-0.1, -0.05) is 42.5 Å². The quantitative estimate of drug-likeness (QED) is 0.277. The molecule has 5 nitrogen and oxygen atoms in total. The zero-order valence-corrected chi connectivity index (χ0v) is 24.2. The van der Waals surface area contributed by atoms with Crippen molar-refractivity contribution in [2.24, 2.45) is 0 Å². The maximum absolute atomic E-state index is 6.19. The predicted octanol–water partition coefficient (Wildman–Crippen LogP) is 4.05. The zero-order valence-electron chi connectivity index (χ0n) is 22.6. The first-order valence-electron chi connectivity index (χ1n) is 13.5. The summed E-state index contributed by atoms with van der Waals surface area (Å²) in [6, 6.07) is 27.1. The van der Waals surface area contributed by atoms with Crippen LogP contribution < -0.4 is 31.2 Å². The molecule has 2 aliphatic rings. The van der Waals surface area contributed by atoms with Gasteiger partial charge in [-0.05, 0) is 65.8 Å². The van der Waals surface area contributed by atoms with Crippen LogP contribution in [0.4, 0.5) is 0 Å². The topological polar surface area (TPSA) is 40.6 Å². The van der Waals surface area contributed by atoms with Gasteiger partial charge in [0.05, 0.1) is 20.7 Å². The summed E-state index contributed by atoms with van der Waals surface area (Å²) in [6.07, 6.45) is 5.58. The number of halogens is 1. The Labute approximate surface area is 241 Å². The second-order valence-electron chi connectivity index (χ2n) is 10.9. The summed E-state index contributed by atoms with van der Waals surface area (Å²) in [7, 11) is 4.03. The molecule has 6 heteroatoms. The monoisotopic (exact) mass is 586 g/mol. The third-order valence-electron chi connectivity index (χ3n) is 7.71. The number of ether oxygens (including phenoxy) is 3. The number of fused-ring (bicyclic) bond motifs is 1. The van der Waals surface area contributed by atoms with E-state index >= 15 is 0 Å². The number of hydrogen-bond donors (Lipinski definition) is 0. The van der Waals surface area contributed by atoms with Crippen LogP contribution in [0.15, 0.2) is 85.1 Å². The molecule has 1 aliphatic heterocycles. The Morgan fingerprint density at radius 2 is 1.64 bits per heavy atom. The standard InChI is InChI=1S/C33H35N2O3.BrH/c1-35(21-25-8-15-33(34-20-25)38-30-13-11-27(12-14-30)26-9-10-26)17-16-28-18-31(36-2)32(19-29(28)22-35)37-23-24-6-4-3-5-7-24;/h3-8,11-15,18-20,26H,9-10,16-17,21-23H2,1-2H3;1H/q+1;/p-1. The summed E-state index contributed by atoms with van der Waals surface area (Å²) in [4.78, 5) is 4.61. The van der Waals surface area contributed by atoms with E-state index in [1.165, 1.54) is 35.1 Å². The number of nitrogens with zero attached hydrogens (tertiary/aromatic N) is 2. The predicted molar refractivity (Wildman–Crippen MR) is 149 cm³/mol. The van der Waals surface area contributed by atoms with Gasteiger partial charge in [0.1, 0.15) is 25.4 Å². The average molecular weight is 588 g/mol. The van der Waals surface area contributed by atoms with Crippen LogP contribution in [0.5, 0.6) is 23.1 Å². The van der Waals surface area contributed by atoms with E-state index in [0.29, 0.717) is 12.5 Å². The highest BCUT2D eigenvalue weighted by Crippen LogP contribution is 2.40. The molecule has 1 fully saturated rings. The van der Waals surface area contributed by atoms with Gasteiger partial charge in [0.25, 0.3) is 0 Å². The summed E-state index contributed by atoms with van der Waals surface area (Å²) in [6.45, 7) is 3.43. The molecule has 0 saturated heterocycles. The molecular weight excluding hydrogens is 552 g/mol. The largest absolute Gasteiger partial charge is 1.00 e. The maximum atomic E-state index is 6.19. The number of benzene rings is 3. The van der Waals surface area contributed by atoms with Gasteiger partial charge in [0, 0.05) is 29.8 Å². The molecule has 6 rings (SSSR count). The minimum absolute atomic E-state index is 0. The van der Waals surface area contributed by atoms with Crippen LogP contribution in [0, 0.1) is 0 Å². The Morgan fingerprint density at radius 3 is 2.33 bits per heavy atom. The molecule has 1 aromatic heterocycles. The Morgan fingerprint density at radius 1 is 0.872 bits per heavy atom. The van der Waals surface area contributed by atoms with E-state index in [9.17, 15) is 0 Å². The van der Waals surface area contributed by atoms with Gasteiger partial charge in [0.15, 0.2) is 11.5 Å². The molecule has 0 spiro atoms. The van der Waals surface area contributed by atoms with Gasteiger partial charge >= 0.3 is 0 Å². The number of aromatic nitrogens is 1. The van der Waals surface area contributed by atoms with Crippen molar-refractivity contribution in [1.82, 2.24) is 4.98 Å². The molecule has 0 bridgehead atoms. The molecule has 4 aromatic rings. The lowest BCUT2D eigenvalue weighted by molar-refractivity contribution is -0.937. The van der Waals surface area contributed by atoms with Gasteiger partial charge in [0.2, 0.25) is 5.88 Å². The second kappa shape index (κ2) is 11.8. The lowest BCUT2D eigenvalue weighted by Gasteiger charge is -2.39. The number of hydrogen-bond acceptors (Lipinski definition) is 4. The summed E-state index contributed by atoms with van der Waals surface area (Å²) < 4.78 is 18.8. The third-order valence-corrected chi connectivity index (χ3v) is 7.71. The lowest BCUT2D eigenvalue weighted by atomic mass is 9.96. The first-order chi connectivity index (χ1) is 18.6. The van der Waals surface area contributed by atoms with Crippen molar-refractivity contribution >= 4 is 0 Å². The van der Waals surface area contributed by atoms with Gasteiger partial charge in [-0.2, -0.15) is 0 Å². The fraction of sp³-hybridized carbons (Fsp3) is 0.303. The first kappa shape index (κ1) is 27.2. The summed E-state index contributed by atoms with van der Waals surface area (Å²) in [5.74, 6) is 3.83. The van der Waals surface area contributed by atoms with Crippen LogP contribution in [0.25, 0.3) is 0 Å². The molecule has 3 aromatic carbocycles. The van der Waals surface area contributed by atoms with Crippen molar-refractivity contribution in [2.75, 3.05) is 20.7 Å². The van der Waals surface area contributed by atoms with Crippen LogP contribution in [0.1, 0.15) is 46.6 Å². The molecule has 1 atom stereocenters. The zero-order chi connectivity index (χ0) is 26.0. The summed E-state index contributed by atoms with van der Waals surface area (Å²) in [5, 5.41) is 0. The number of likely N-dealkylation sites (N-methyl/N-ethyl adjacent to an activating group) is 1. The first-order valence-corrected chi connectivity index (χ1v) is 13.5. The smallest absolute Gasteiger partial charge is 0.219 e. The highest BCUT2D eigenvalue weighted by atomic mass is 79.9.